The van der Waals surface area contributed by atoms with Crippen molar-refractivity contribution in [1.82, 2.24) is 20.2 Å². The molecule has 12 nitrogen and oxygen atoms in total. The number of H-pyrrole nitrogens is 1. The Kier molecular flexibility index (Phi) is 8.69. The Hall–Kier alpha value is -4.25. The molecule has 0 bridgehead atoms. The third kappa shape index (κ3) is 7.23. The Morgan fingerprint density at radius 3 is 2.17 bits per heavy atom. The molecule has 0 saturated carbocycles. The minimum absolute atomic E-state index is 0.0661. The Morgan fingerprint density at radius 1 is 1.05 bits per heavy atom. The predicted octanol–water partition coefficient (Wildman–Crippen LogP) is 4.11. The fraction of sp³-hybridized carbons (Fsp3) is 0.217. The molecule has 214 valence electrons. The molecule has 17 heteroatoms. The maximum Gasteiger partial charge on any atom is 0.490 e. The maximum atomic E-state index is 12.9. The molecule has 0 unspecified atom stereocenters. The first-order chi connectivity index (χ1) is 18.5. The smallest absolute Gasteiger partial charge is 0.475 e. The number of rotatable bonds is 7. The van der Waals surface area contributed by atoms with E-state index in [4.69, 9.17) is 14.6 Å². The molecule has 0 atom stereocenters. The zero-order chi connectivity index (χ0) is 29.9. The molecule has 0 fully saturated rings. The van der Waals surface area contributed by atoms with Crippen molar-refractivity contribution in [2.45, 2.75) is 35.1 Å². The lowest BCUT2D eigenvalue weighted by molar-refractivity contribution is -0.192. The van der Waals surface area contributed by atoms with Gasteiger partial charge >= 0.3 is 12.1 Å². The average Bonchev–Trinajstić information content (AvgIpc) is 3.27. The number of fused-ring (bicyclic) bond motifs is 1. The number of aliphatic carboxylic acids is 1. The van der Waals surface area contributed by atoms with Crippen LogP contribution in [0.15, 0.2) is 64.8 Å². The summed E-state index contributed by atoms with van der Waals surface area (Å²) >= 11 is 0. The van der Waals surface area contributed by atoms with Crippen LogP contribution in [0, 0.1) is 0 Å². The van der Waals surface area contributed by atoms with E-state index in [2.05, 4.69) is 25.5 Å². The van der Waals surface area contributed by atoms with E-state index >= 15 is 0 Å². The number of benzene rings is 2. The molecule has 0 spiro atoms. The molecule has 0 saturated heterocycles. The fourth-order valence-corrected chi connectivity index (χ4v) is 4.77. The van der Waals surface area contributed by atoms with Crippen LogP contribution < -0.4 is 10.1 Å². The zero-order valence-corrected chi connectivity index (χ0v) is 22.6. The standard InChI is InChI=1S/C21H21N5O5S2.C2HF3O2/c1-13(2)33(29,30)16-10-17-20(25-26-21(17)24-19-12-22-8-9-23-19)18(11-16)31-14-4-6-15(7-5-14)32(3,27)28;3-2(4,5)1(6)7/h4-13H,1-3H3,(H2,23,24,25,26);(H,6,7). The number of aromatic amines is 1. The van der Waals surface area contributed by atoms with Crippen LogP contribution >= 0.6 is 0 Å². The number of aromatic nitrogens is 4. The lowest BCUT2D eigenvalue weighted by Gasteiger charge is -2.12. The summed E-state index contributed by atoms with van der Waals surface area (Å²) in [5.41, 5.74) is 0.455. The number of carbonyl (C=O) groups is 1. The van der Waals surface area contributed by atoms with E-state index in [0.29, 0.717) is 28.3 Å². The summed E-state index contributed by atoms with van der Waals surface area (Å²) in [6.45, 7) is 3.19. The molecule has 0 radical (unpaired) electrons. The van der Waals surface area contributed by atoms with Gasteiger partial charge in [0.15, 0.2) is 31.2 Å². The molecule has 0 aliphatic rings. The molecule has 0 aliphatic heterocycles. The number of alkyl halides is 3. The van der Waals surface area contributed by atoms with E-state index < -0.39 is 37.1 Å². The van der Waals surface area contributed by atoms with Crippen molar-refractivity contribution < 1.29 is 44.6 Å². The van der Waals surface area contributed by atoms with Gasteiger partial charge in [-0.1, -0.05) is 0 Å². The number of carboxylic acid groups (broad SMARTS) is 1. The van der Waals surface area contributed by atoms with Crippen LogP contribution in [0.25, 0.3) is 10.9 Å². The van der Waals surface area contributed by atoms with Crippen LogP contribution in [0.4, 0.5) is 24.8 Å². The van der Waals surface area contributed by atoms with Gasteiger partial charge in [-0.25, -0.2) is 26.6 Å². The number of hydrogen-bond donors (Lipinski definition) is 3. The SMILES string of the molecule is CC(C)S(=O)(=O)c1cc(Oc2ccc(S(C)(=O)=O)cc2)c2[nH]nc(Nc3cnccn3)c2c1.O=C(O)C(F)(F)F. The first-order valence-electron chi connectivity index (χ1n) is 11.1. The van der Waals surface area contributed by atoms with Crippen molar-refractivity contribution in [1.29, 1.82) is 0 Å². The van der Waals surface area contributed by atoms with Gasteiger partial charge in [0.2, 0.25) is 0 Å². The predicted molar refractivity (Wildman–Crippen MR) is 137 cm³/mol. The number of hydrogen-bond acceptors (Lipinski definition) is 10. The van der Waals surface area contributed by atoms with Crippen molar-refractivity contribution >= 4 is 48.2 Å². The Balaban J connectivity index is 0.000000559. The van der Waals surface area contributed by atoms with Gasteiger partial charge in [0.1, 0.15) is 17.1 Å². The van der Waals surface area contributed by atoms with Gasteiger partial charge < -0.3 is 15.2 Å². The van der Waals surface area contributed by atoms with Gasteiger partial charge in [-0.15, -0.1) is 0 Å². The van der Waals surface area contributed by atoms with E-state index in [1.807, 2.05) is 0 Å². The van der Waals surface area contributed by atoms with Crippen LogP contribution in [0.3, 0.4) is 0 Å². The van der Waals surface area contributed by atoms with Gasteiger partial charge in [0, 0.05) is 30.1 Å². The summed E-state index contributed by atoms with van der Waals surface area (Å²) < 4.78 is 87.0. The minimum atomic E-state index is -5.08. The van der Waals surface area contributed by atoms with Crippen LogP contribution in [0.5, 0.6) is 11.5 Å². The third-order valence-corrected chi connectivity index (χ3v) is 8.35. The Morgan fingerprint density at radius 2 is 1.68 bits per heavy atom. The second-order valence-corrected chi connectivity index (χ2v) is 12.9. The number of nitrogens with zero attached hydrogens (tertiary/aromatic N) is 3. The zero-order valence-electron chi connectivity index (χ0n) is 21.0. The van der Waals surface area contributed by atoms with E-state index in [1.165, 1.54) is 55.0 Å². The van der Waals surface area contributed by atoms with Crippen LogP contribution in [0.1, 0.15) is 13.8 Å². The number of halogens is 3. The number of carboxylic acids is 1. The summed E-state index contributed by atoms with van der Waals surface area (Å²) in [6.07, 6.45) is 0.585. The normalized spacial score (nSPS) is 12.1. The van der Waals surface area contributed by atoms with Gasteiger partial charge in [-0.2, -0.15) is 18.3 Å². The lowest BCUT2D eigenvalue weighted by atomic mass is 10.2. The summed E-state index contributed by atoms with van der Waals surface area (Å²) in [7, 11) is -6.99. The summed E-state index contributed by atoms with van der Waals surface area (Å²) in [5.74, 6) is -1.42. The van der Waals surface area contributed by atoms with E-state index in [-0.39, 0.29) is 15.5 Å². The summed E-state index contributed by atoms with van der Waals surface area (Å²) in [4.78, 5) is 17.3. The van der Waals surface area contributed by atoms with Crippen LogP contribution in [0.2, 0.25) is 0 Å². The molecule has 4 rings (SSSR count). The highest BCUT2D eigenvalue weighted by Crippen LogP contribution is 2.36. The molecule has 40 heavy (non-hydrogen) atoms. The maximum absolute atomic E-state index is 12.9. The second kappa shape index (κ2) is 11.5. The van der Waals surface area contributed by atoms with Crippen molar-refractivity contribution in [3.63, 3.8) is 0 Å². The first-order valence-corrected chi connectivity index (χ1v) is 14.5. The highest BCUT2D eigenvalue weighted by Gasteiger charge is 2.38. The molecule has 2 aromatic carbocycles. The lowest BCUT2D eigenvalue weighted by Crippen LogP contribution is -2.21. The fourth-order valence-electron chi connectivity index (χ4n) is 3.04. The van der Waals surface area contributed by atoms with Gasteiger partial charge in [-0.3, -0.25) is 10.1 Å². The molecule has 2 aromatic heterocycles. The van der Waals surface area contributed by atoms with E-state index in [1.54, 1.807) is 13.8 Å². The minimum Gasteiger partial charge on any atom is -0.475 e. The Labute approximate surface area is 226 Å². The highest BCUT2D eigenvalue weighted by atomic mass is 32.2. The molecule has 4 aromatic rings. The topological polar surface area (TPSA) is 181 Å². The second-order valence-electron chi connectivity index (χ2n) is 8.37. The van der Waals surface area contributed by atoms with Crippen LogP contribution in [-0.2, 0) is 24.5 Å². The van der Waals surface area contributed by atoms with Crippen molar-refractivity contribution in [3.8, 4) is 11.5 Å². The third-order valence-electron chi connectivity index (χ3n) is 5.09. The molecule has 2 heterocycles. The van der Waals surface area contributed by atoms with Crippen molar-refractivity contribution in [3.05, 3.63) is 55.0 Å². The number of sulfone groups is 2. The van der Waals surface area contributed by atoms with Gasteiger partial charge in [0.25, 0.3) is 0 Å². The highest BCUT2D eigenvalue weighted by molar-refractivity contribution is 7.92. The summed E-state index contributed by atoms with van der Waals surface area (Å²) in [5, 5.41) is 17.1. The summed E-state index contributed by atoms with van der Waals surface area (Å²) in [6, 6.07) is 8.79. The Bertz CT molecular complexity index is 1720. The molecular weight excluding hydrogens is 579 g/mol. The van der Waals surface area contributed by atoms with Crippen LogP contribution in [-0.4, -0.2) is 65.8 Å². The van der Waals surface area contributed by atoms with Crippen molar-refractivity contribution in [2.24, 2.45) is 0 Å². The van der Waals surface area contributed by atoms with E-state index in [9.17, 15) is 30.0 Å². The van der Waals surface area contributed by atoms with Crippen molar-refractivity contribution in [2.75, 3.05) is 11.6 Å². The molecule has 0 amide bonds. The quantitative estimate of drug-likeness (QED) is 0.277. The van der Waals surface area contributed by atoms with E-state index in [0.717, 1.165) is 6.26 Å². The number of ether oxygens (including phenoxy) is 1. The molecular formula is C23H22F3N5O7S2. The number of nitrogens with one attached hydrogen (secondary N) is 2. The average molecular weight is 602 g/mol. The molecule has 3 N–H and O–H groups in total. The monoisotopic (exact) mass is 601 g/mol. The molecule has 0 aliphatic carbocycles. The number of anilines is 2. The first kappa shape index (κ1) is 30.3. The van der Waals surface area contributed by atoms with Gasteiger partial charge in [-0.05, 0) is 44.2 Å². The van der Waals surface area contributed by atoms with Gasteiger partial charge in [0.05, 0.1) is 21.2 Å². The largest absolute Gasteiger partial charge is 0.490 e.